The van der Waals surface area contributed by atoms with Crippen molar-refractivity contribution in [2.24, 2.45) is 5.73 Å². The number of halogens is 1. The molecule has 5 N–H and O–H groups in total. The monoisotopic (exact) mass is 548 g/mol. The fourth-order valence-electron chi connectivity index (χ4n) is 5.31. The van der Waals surface area contributed by atoms with Gasteiger partial charge in [0, 0.05) is 30.8 Å². The topological polar surface area (TPSA) is 119 Å². The van der Waals surface area contributed by atoms with E-state index in [1.165, 1.54) is 24.3 Å². The lowest BCUT2D eigenvalue weighted by atomic mass is 9.85. The molecule has 40 heavy (non-hydrogen) atoms. The average molecular weight is 549 g/mol. The molecule has 1 spiro atoms. The lowest BCUT2D eigenvalue weighted by Crippen LogP contribution is -2.56. The van der Waals surface area contributed by atoms with Crippen LogP contribution in [-0.2, 0) is 11.2 Å². The third-order valence-corrected chi connectivity index (χ3v) is 7.61. The number of anilines is 1. The predicted octanol–water partition coefficient (Wildman–Crippen LogP) is 3.82. The van der Waals surface area contributed by atoms with E-state index in [-0.39, 0.29) is 29.0 Å². The van der Waals surface area contributed by atoms with Gasteiger partial charge in [-0.15, -0.1) is 0 Å². The second kappa shape index (κ2) is 13.4. The van der Waals surface area contributed by atoms with Crippen LogP contribution in [0, 0.1) is 5.82 Å². The first-order valence-corrected chi connectivity index (χ1v) is 13.7. The zero-order valence-corrected chi connectivity index (χ0v) is 22.6. The molecule has 3 aromatic rings. The Morgan fingerprint density at radius 2 is 1.68 bits per heavy atom. The maximum Gasteiger partial charge on any atom is 0.247 e. The Morgan fingerprint density at radius 3 is 2.33 bits per heavy atom. The van der Waals surface area contributed by atoms with Crippen LogP contribution in [0.15, 0.2) is 72.8 Å². The number of aromatic hydroxyl groups is 2. The second-order valence-electron chi connectivity index (χ2n) is 10.2. The van der Waals surface area contributed by atoms with Crippen LogP contribution in [0.5, 0.6) is 11.5 Å². The van der Waals surface area contributed by atoms with Gasteiger partial charge in [0.1, 0.15) is 11.4 Å². The predicted molar refractivity (Wildman–Crippen MR) is 153 cm³/mol. The van der Waals surface area contributed by atoms with Crippen LogP contribution in [-0.4, -0.2) is 65.2 Å². The number of para-hydroxylation sites is 1. The molecule has 0 aliphatic carbocycles. The number of nitrogens with two attached hydrogens (primary N) is 1. The van der Waals surface area contributed by atoms with Gasteiger partial charge in [0.2, 0.25) is 5.91 Å². The van der Waals surface area contributed by atoms with Gasteiger partial charge < -0.3 is 31.1 Å². The van der Waals surface area contributed by atoms with Crippen LogP contribution in [0.1, 0.15) is 41.6 Å². The van der Waals surface area contributed by atoms with Crippen LogP contribution in [0.25, 0.3) is 0 Å². The smallest absolute Gasteiger partial charge is 0.247 e. The van der Waals surface area contributed by atoms with Crippen molar-refractivity contribution < 1.29 is 24.2 Å². The van der Waals surface area contributed by atoms with Gasteiger partial charge in [0.15, 0.2) is 17.3 Å². The second-order valence-corrected chi connectivity index (χ2v) is 10.2. The van der Waals surface area contributed by atoms with E-state index >= 15 is 0 Å². The number of carbonyl (C=O) groups excluding carboxylic acids is 2. The van der Waals surface area contributed by atoms with E-state index in [9.17, 15) is 14.0 Å². The van der Waals surface area contributed by atoms with Crippen molar-refractivity contribution in [3.8, 4) is 11.5 Å². The molecule has 8 nitrogen and oxygen atoms in total. The van der Waals surface area contributed by atoms with Crippen molar-refractivity contribution in [3.63, 3.8) is 0 Å². The van der Waals surface area contributed by atoms with Crippen molar-refractivity contribution >= 4 is 17.4 Å². The number of ketones is 1. The number of carbonyl (C=O) groups is 2. The summed E-state index contributed by atoms with van der Waals surface area (Å²) in [5, 5.41) is 21.0. The summed E-state index contributed by atoms with van der Waals surface area (Å²) >= 11 is 0. The maximum absolute atomic E-state index is 13.0. The largest absolute Gasteiger partial charge is 0.504 e. The number of phenolic OH excluding ortho intramolecular Hbond substituents is 2. The number of nitrogens with one attached hydrogen (secondary N) is 1. The first-order chi connectivity index (χ1) is 19.3. The number of nitrogens with zero attached hydrogens (tertiary/aromatic N) is 2. The van der Waals surface area contributed by atoms with E-state index in [2.05, 4.69) is 27.2 Å². The number of likely N-dealkylation sites (tertiary alicyclic amines) is 1. The minimum atomic E-state index is -0.470. The van der Waals surface area contributed by atoms with E-state index in [1.54, 1.807) is 18.2 Å². The average Bonchev–Trinajstić information content (AvgIpc) is 3.28. The van der Waals surface area contributed by atoms with Crippen molar-refractivity contribution in [1.82, 2.24) is 10.2 Å². The van der Waals surface area contributed by atoms with Gasteiger partial charge in [-0.2, -0.15) is 0 Å². The lowest BCUT2D eigenvalue weighted by Gasteiger charge is -2.43. The van der Waals surface area contributed by atoms with Gasteiger partial charge in [0.25, 0.3) is 0 Å². The number of phenols is 2. The van der Waals surface area contributed by atoms with Crippen LogP contribution < -0.4 is 16.0 Å². The molecule has 1 amide bonds. The Hall–Kier alpha value is -3.95. The minimum absolute atomic E-state index is 0.0453. The highest BCUT2D eigenvalue weighted by atomic mass is 19.1. The Labute approximate surface area is 234 Å². The molecule has 2 fully saturated rings. The molecule has 3 aromatic carbocycles. The van der Waals surface area contributed by atoms with Gasteiger partial charge in [-0.3, -0.25) is 9.59 Å². The number of amides is 1. The van der Waals surface area contributed by atoms with Gasteiger partial charge in [0.05, 0.1) is 6.67 Å². The Bertz CT molecular complexity index is 1280. The molecule has 0 saturated carbocycles. The molecule has 9 heteroatoms. The molecular formula is C31H37FN4O4. The van der Waals surface area contributed by atoms with E-state index in [0.717, 1.165) is 50.1 Å². The molecule has 212 valence electrons. The third kappa shape index (κ3) is 6.97. The fourth-order valence-corrected chi connectivity index (χ4v) is 5.31. The molecule has 2 heterocycles. The van der Waals surface area contributed by atoms with Gasteiger partial charge >= 0.3 is 0 Å². The van der Waals surface area contributed by atoms with Gasteiger partial charge in [-0.1, -0.05) is 24.3 Å². The fraction of sp³-hybridized carbons (Fsp3) is 0.355. The standard InChI is InChI=1S/C23H26FN3O2.C8H11NO2/c24-19-10-8-18(9-11-19)21(28)7-4-14-26-15-12-23(13-16-26)22(29)25-17-27(23)20-5-2-1-3-6-20;9-4-3-6-1-2-7(10)8(11)5-6/h1-3,5-6,8-11H,4,7,12-17H2,(H,25,29);1-2,5,10-11H,3-4,9H2. The van der Waals surface area contributed by atoms with Crippen LogP contribution in [0.3, 0.4) is 0 Å². The number of Topliss-reactive ketones (excluding diaryl/α,β-unsaturated/α-hetero) is 1. The SMILES string of the molecule is NCCc1ccc(O)c(O)c1.O=C(CCCN1CCC2(CC1)C(=O)NCN2c1ccccc1)c1ccc(F)cc1. The van der Waals surface area contributed by atoms with E-state index in [4.69, 9.17) is 15.9 Å². The zero-order valence-electron chi connectivity index (χ0n) is 22.6. The summed E-state index contributed by atoms with van der Waals surface area (Å²) in [7, 11) is 0. The molecule has 0 aromatic heterocycles. The molecule has 2 saturated heterocycles. The number of hydrogen-bond acceptors (Lipinski definition) is 7. The third-order valence-electron chi connectivity index (χ3n) is 7.61. The quantitative estimate of drug-likeness (QED) is 0.250. The Balaban J connectivity index is 0.000000283. The van der Waals surface area contributed by atoms with Crippen LogP contribution in [0.2, 0.25) is 0 Å². The van der Waals surface area contributed by atoms with E-state index < -0.39 is 5.54 Å². The highest BCUT2D eigenvalue weighted by Crippen LogP contribution is 2.36. The Morgan fingerprint density at radius 1 is 0.975 bits per heavy atom. The maximum atomic E-state index is 13.0. The molecule has 0 bridgehead atoms. The summed E-state index contributed by atoms with van der Waals surface area (Å²) in [6, 6.07) is 20.5. The van der Waals surface area contributed by atoms with Crippen molar-refractivity contribution in [2.45, 2.75) is 37.6 Å². The molecular weight excluding hydrogens is 511 g/mol. The molecule has 5 rings (SSSR count). The Kier molecular flexibility index (Phi) is 9.74. The van der Waals surface area contributed by atoms with Crippen LogP contribution >= 0.6 is 0 Å². The summed E-state index contributed by atoms with van der Waals surface area (Å²) < 4.78 is 13.0. The van der Waals surface area contributed by atoms with Crippen LogP contribution in [0.4, 0.5) is 10.1 Å². The summed E-state index contributed by atoms with van der Waals surface area (Å²) in [4.78, 5) is 29.5. The van der Waals surface area contributed by atoms with E-state index in [1.807, 2.05) is 18.2 Å². The summed E-state index contributed by atoms with van der Waals surface area (Å²) in [6.45, 7) is 3.60. The number of hydrogen-bond donors (Lipinski definition) is 4. The van der Waals surface area contributed by atoms with Gasteiger partial charge in [-0.25, -0.2) is 4.39 Å². The summed E-state index contributed by atoms with van der Waals surface area (Å²) in [5.74, 6) is -0.345. The normalized spacial score (nSPS) is 16.4. The first-order valence-electron chi connectivity index (χ1n) is 13.7. The minimum Gasteiger partial charge on any atom is -0.504 e. The molecule has 0 radical (unpaired) electrons. The lowest BCUT2D eigenvalue weighted by molar-refractivity contribution is -0.125. The van der Waals surface area contributed by atoms with Gasteiger partial charge in [-0.05, 0) is 92.9 Å². The van der Waals surface area contributed by atoms with Crippen molar-refractivity contribution in [2.75, 3.05) is 37.7 Å². The first kappa shape index (κ1) is 29.0. The zero-order chi connectivity index (χ0) is 28.5. The highest BCUT2D eigenvalue weighted by molar-refractivity contribution is 5.96. The molecule has 2 aliphatic rings. The molecule has 2 aliphatic heterocycles. The van der Waals surface area contributed by atoms with Crippen molar-refractivity contribution in [1.29, 1.82) is 0 Å². The number of rotatable bonds is 8. The summed E-state index contributed by atoms with van der Waals surface area (Å²) in [6.07, 6.45) is 3.48. The molecule has 0 unspecified atom stereocenters. The summed E-state index contributed by atoms with van der Waals surface area (Å²) in [5.41, 5.74) is 7.40. The highest BCUT2D eigenvalue weighted by Gasteiger charge is 2.50. The number of piperidine rings is 1. The van der Waals surface area contributed by atoms with E-state index in [0.29, 0.717) is 31.6 Å². The van der Waals surface area contributed by atoms with Crippen molar-refractivity contribution in [3.05, 3.63) is 89.7 Å². The molecule has 0 atom stereocenters. The number of benzene rings is 3.